The van der Waals surface area contributed by atoms with Gasteiger partial charge in [0.05, 0.1) is 21.8 Å². The summed E-state index contributed by atoms with van der Waals surface area (Å²) in [6, 6.07) is 10.3. The average molecular weight is 492 g/mol. The first kappa shape index (κ1) is 24.4. The third-order valence-corrected chi connectivity index (χ3v) is 6.93. The maximum atomic E-state index is 12.7. The number of carbonyl (C=O) groups excluding carboxylic acids is 2. The number of esters is 1. The van der Waals surface area contributed by atoms with E-state index in [-0.39, 0.29) is 10.5 Å². The van der Waals surface area contributed by atoms with Crippen molar-refractivity contribution in [2.75, 3.05) is 25.0 Å². The van der Waals surface area contributed by atoms with Crippen molar-refractivity contribution in [2.24, 2.45) is 0 Å². The third kappa shape index (κ3) is 5.75. The highest BCUT2D eigenvalue weighted by atomic mass is 35.5. The molecule has 0 radical (unpaired) electrons. The van der Waals surface area contributed by atoms with E-state index >= 15 is 0 Å². The Labute approximate surface area is 196 Å². The summed E-state index contributed by atoms with van der Waals surface area (Å²) in [5.41, 5.74) is 0.884. The van der Waals surface area contributed by atoms with Crippen LogP contribution in [0.3, 0.4) is 0 Å². The predicted molar refractivity (Wildman–Crippen MR) is 122 cm³/mol. The average Bonchev–Trinajstić information content (AvgIpc) is 3.33. The quantitative estimate of drug-likeness (QED) is 0.456. The molecule has 0 spiro atoms. The van der Waals surface area contributed by atoms with Crippen molar-refractivity contribution in [3.05, 3.63) is 65.7 Å². The topological polar surface area (TPSA) is 123 Å². The second-order valence-electron chi connectivity index (χ2n) is 6.74. The first-order valence-electron chi connectivity index (χ1n) is 9.98. The number of nitrogens with one attached hydrogen (secondary N) is 1. The van der Waals surface area contributed by atoms with Gasteiger partial charge in [-0.3, -0.25) is 4.79 Å². The fourth-order valence-electron chi connectivity index (χ4n) is 3.04. The highest BCUT2D eigenvalue weighted by Gasteiger charge is 2.23. The second kappa shape index (κ2) is 10.6. The minimum Gasteiger partial charge on any atom is -0.452 e. The van der Waals surface area contributed by atoms with E-state index in [9.17, 15) is 18.0 Å². The zero-order valence-electron chi connectivity index (χ0n) is 17.9. The lowest BCUT2D eigenvalue weighted by Gasteiger charge is -2.18. The van der Waals surface area contributed by atoms with Crippen molar-refractivity contribution >= 4 is 39.2 Å². The van der Waals surface area contributed by atoms with Crippen LogP contribution in [0.2, 0.25) is 5.02 Å². The van der Waals surface area contributed by atoms with Gasteiger partial charge in [0.1, 0.15) is 12.7 Å². The van der Waals surface area contributed by atoms with E-state index in [0.717, 1.165) is 0 Å². The molecule has 0 saturated carbocycles. The van der Waals surface area contributed by atoms with Crippen LogP contribution in [0.5, 0.6) is 0 Å². The summed E-state index contributed by atoms with van der Waals surface area (Å²) in [5.74, 6) is -1.44. The number of nitrogens with zero attached hydrogens (tertiary/aromatic N) is 4. The molecule has 1 N–H and O–H groups in total. The fraction of sp³-hybridized carbons (Fsp3) is 0.238. The van der Waals surface area contributed by atoms with Gasteiger partial charge in [-0.2, -0.15) is 9.40 Å². The molecule has 3 aromatic rings. The summed E-state index contributed by atoms with van der Waals surface area (Å²) in [6.07, 6.45) is 2.80. The number of benzene rings is 2. The van der Waals surface area contributed by atoms with Crippen molar-refractivity contribution in [2.45, 2.75) is 18.7 Å². The minimum atomic E-state index is -3.74. The van der Waals surface area contributed by atoms with E-state index in [4.69, 9.17) is 16.3 Å². The summed E-state index contributed by atoms with van der Waals surface area (Å²) >= 11 is 6.03. The Hall–Kier alpha value is -3.28. The summed E-state index contributed by atoms with van der Waals surface area (Å²) in [5, 5.41) is 7.03. The molecule has 2 aromatic carbocycles. The molecule has 3 rings (SSSR count). The number of anilines is 1. The lowest BCUT2D eigenvalue weighted by Crippen LogP contribution is -2.30. The molecule has 0 fully saturated rings. The molecular formula is C21H22ClN5O5S. The van der Waals surface area contributed by atoms with Gasteiger partial charge in [0.15, 0.2) is 6.61 Å². The van der Waals surface area contributed by atoms with Crippen LogP contribution in [0.1, 0.15) is 24.2 Å². The number of ether oxygens (including phenoxy) is 1. The Balaban J connectivity index is 1.69. The number of hydrogen-bond acceptors (Lipinski definition) is 7. The Bertz CT molecular complexity index is 1240. The van der Waals surface area contributed by atoms with Gasteiger partial charge < -0.3 is 10.1 Å². The van der Waals surface area contributed by atoms with E-state index < -0.39 is 28.5 Å². The van der Waals surface area contributed by atoms with Crippen molar-refractivity contribution < 1.29 is 22.7 Å². The molecule has 0 saturated heterocycles. The molecule has 1 heterocycles. The number of aromatic nitrogens is 3. The van der Waals surface area contributed by atoms with E-state index in [1.165, 1.54) is 52.0 Å². The maximum Gasteiger partial charge on any atom is 0.338 e. The van der Waals surface area contributed by atoms with E-state index in [0.29, 0.717) is 29.5 Å². The summed E-state index contributed by atoms with van der Waals surface area (Å²) in [6.45, 7) is 3.47. The van der Waals surface area contributed by atoms with Crippen LogP contribution in [0.4, 0.5) is 5.69 Å². The second-order valence-corrected chi connectivity index (χ2v) is 9.12. The molecule has 0 bridgehead atoms. The first-order chi connectivity index (χ1) is 15.8. The maximum absolute atomic E-state index is 12.7. The summed E-state index contributed by atoms with van der Waals surface area (Å²) < 4.78 is 33.2. The molecule has 174 valence electrons. The summed E-state index contributed by atoms with van der Waals surface area (Å²) in [4.78, 5) is 28.7. The van der Waals surface area contributed by atoms with Crippen molar-refractivity contribution in [1.29, 1.82) is 0 Å². The van der Waals surface area contributed by atoms with Gasteiger partial charge in [-0.1, -0.05) is 31.5 Å². The number of hydrogen-bond donors (Lipinski definition) is 1. The van der Waals surface area contributed by atoms with Gasteiger partial charge in [0.2, 0.25) is 10.0 Å². The molecule has 0 unspecified atom stereocenters. The van der Waals surface area contributed by atoms with Crippen LogP contribution in [-0.2, 0) is 19.6 Å². The van der Waals surface area contributed by atoms with Gasteiger partial charge in [-0.05, 0) is 36.4 Å². The number of amides is 1. The number of carbonyl (C=O) groups is 2. The zero-order valence-corrected chi connectivity index (χ0v) is 19.5. The molecule has 1 amide bonds. The van der Waals surface area contributed by atoms with Gasteiger partial charge in [0, 0.05) is 18.1 Å². The molecule has 1 aromatic heterocycles. The minimum absolute atomic E-state index is 0.0158. The number of sulfonamides is 1. The standard InChI is InChI=1S/C21H22ClN5O5S/c1-3-26(4-2)33(30,31)17-7-5-6-15(10-17)21(29)32-12-20(28)25-18-11-16(22)8-9-19(18)27-14-23-13-24-27/h5-11,13-14H,3-4,12H2,1-2H3,(H,25,28). The normalized spacial score (nSPS) is 11.4. The van der Waals surface area contributed by atoms with E-state index in [1.54, 1.807) is 26.0 Å². The Morgan fingerprint density at radius 3 is 2.58 bits per heavy atom. The highest BCUT2D eigenvalue weighted by Crippen LogP contribution is 2.24. The van der Waals surface area contributed by atoms with Crippen molar-refractivity contribution in [3.63, 3.8) is 0 Å². The molecule has 0 aliphatic heterocycles. The predicted octanol–water partition coefficient (Wildman–Crippen LogP) is 2.75. The molecule has 0 atom stereocenters. The van der Waals surface area contributed by atoms with Gasteiger partial charge >= 0.3 is 5.97 Å². The number of halogens is 1. The van der Waals surface area contributed by atoms with Crippen molar-refractivity contribution in [3.8, 4) is 5.69 Å². The fourth-order valence-corrected chi connectivity index (χ4v) is 4.71. The lowest BCUT2D eigenvalue weighted by atomic mass is 10.2. The smallest absolute Gasteiger partial charge is 0.338 e. The van der Waals surface area contributed by atoms with Crippen LogP contribution in [0.15, 0.2) is 60.0 Å². The molecule has 12 heteroatoms. The molecule has 10 nitrogen and oxygen atoms in total. The van der Waals surface area contributed by atoms with Crippen LogP contribution >= 0.6 is 11.6 Å². The van der Waals surface area contributed by atoms with Crippen LogP contribution < -0.4 is 5.32 Å². The number of rotatable bonds is 9. The van der Waals surface area contributed by atoms with E-state index in [1.807, 2.05) is 0 Å². The molecule has 0 aliphatic carbocycles. The molecule has 33 heavy (non-hydrogen) atoms. The Morgan fingerprint density at radius 2 is 1.91 bits per heavy atom. The Kier molecular flexibility index (Phi) is 7.79. The zero-order chi connectivity index (χ0) is 24.0. The van der Waals surface area contributed by atoms with Crippen molar-refractivity contribution in [1.82, 2.24) is 19.1 Å². The lowest BCUT2D eigenvalue weighted by molar-refractivity contribution is -0.119. The highest BCUT2D eigenvalue weighted by molar-refractivity contribution is 7.89. The SMILES string of the molecule is CCN(CC)S(=O)(=O)c1cccc(C(=O)OCC(=O)Nc2cc(Cl)ccc2-n2cncn2)c1. The van der Waals surface area contributed by atoms with Crippen LogP contribution in [-0.4, -0.2) is 59.1 Å². The van der Waals surface area contributed by atoms with E-state index in [2.05, 4.69) is 15.4 Å². The largest absolute Gasteiger partial charge is 0.452 e. The molecule has 0 aliphatic rings. The van der Waals surface area contributed by atoms with Gasteiger partial charge in [0.25, 0.3) is 5.91 Å². The van der Waals surface area contributed by atoms with Gasteiger partial charge in [-0.15, -0.1) is 0 Å². The van der Waals surface area contributed by atoms with Gasteiger partial charge in [-0.25, -0.2) is 22.9 Å². The first-order valence-corrected chi connectivity index (χ1v) is 11.8. The Morgan fingerprint density at radius 1 is 1.15 bits per heavy atom. The third-order valence-electron chi connectivity index (χ3n) is 4.65. The van der Waals surface area contributed by atoms with Crippen LogP contribution in [0, 0.1) is 0 Å². The monoisotopic (exact) mass is 491 g/mol. The summed E-state index contributed by atoms with van der Waals surface area (Å²) in [7, 11) is -3.74. The molecular weight excluding hydrogens is 470 g/mol. The van der Waals surface area contributed by atoms with Crippen LogP contribution in [0.25, 0.3) is 5.69 Å².